The predicted molar refractivity (Wildman–Crippen MR) is 85.2 cm³/mol. The standard InChI is InChI=1S/C18H17NO2S/c1-12-3-7-14(8-4-12)17-16(11-19)18(17)22(20,21)15-9-5-13(2)6-10-15/h3-10,16-18H,1-2H3/t16-,17+,18+/m0/s1. The molecular weight excluding hydrogens is 294 g/mol. The smallest absolute Gasteiger partial charge is 0.183 e. The molecule has 0 saturated heterocycles. The van der Waals surface area contributed by atoms with E-state index < -0.39 is 21.0 Å². The zero-order valence-electron chi connectivity index (χ0n) is 12.5. The van der Waals surface area contributed by atoms with E-state index in [9.17, 15) is 13.7 Å². The molecule has 1 fully saturated rings. The van der Waals surface area contributed by atoms with Crippen molar-refractivity contribution in [1.29, 1.82) is 5.26 Å². The molecule has 2 aromatic carbocycles. The zero-order valence-corrected chi connectivity index (χ0v) is 13.3. The van der Waals surface area contributed by atoms with Crippen molar-refractivity contribution >= 4 is 9.84 Å². The number of hydrogen-bond acceptors (Lipinski definition) is 3. The fourth-order valence-electron chi connectivity index (χ4n) is 2.89. The Labute approximate surface area is 131 Å². The van der Waals surface area contributed by atoms with Crippen LogP contribution in [0.3, 0.4) is 0 Å². The van der Waals surface area contributed by atoms with Gasteiger partial charge in [0, 0.05) is 5.92 Å². The summed E-state index contributed by atoms with van der Waals surface area (Å²) in [4.78, 5) is 0.304. The van der Waals surface area contributed by atoms with Crippen molar-refractivity contribution in [3.8, 4) is 6.07 Å². The van der Waals surface area contributed by atoms with Crippen molar-refractivity contribution < 1.29 is 8.42 Å². The zero-order chi connectivity index (χ0) is 15.9. The molecule has 3 atom stereocenters. The van der Waals surface area contributed by atoms with E-state index >= 15 is 0 Å². The number of sulfone groups is 1. The summed E-state index contributed by atoms with van der Waals surface area (Å²) in [7, 11) is -3.47. The predicted octanol–water partition coefficient (Wildman–Crippen LogP) is 3.38. The monoisotopic (exact) mass is 311 g/mol. The number of hydrogen-bond donors (Lipinski definition) is 0. The Balaban J connectivity index is 1.95. The summed E-state index contributed by atoms with van der Waals surface area (Å²) < 4.78 is 25.5. The minimum absolute atomic E-state index is 0.225. The lowest BCUT2D eigenvalue weighted by Crippen LogP contribution is -2.10. The van der Waals surface area contributed by atoms with Gasteiger partial charge in [0.15, 0.2) is 9.84 Å². The van der Waals surface area contributed by atoms with Crippen LogP contribution in [-0.4, -0.2) is 13.7 Å². The summed E-state index contributed by atoms with van der Waals surface area (Å²) in [6, 6.07) is 16.8. The highest BCUT2D eigenvalue weighted by atomic mass is 32.2. The van der Waals surface area contributed by atoms with E-state index in [1.165, 1.54) is 0 Å². The van der Waals surface area contributed by atoms with Crippen molar-refractivity contribution in [3.05, 3.63) is 65.2 Å². The van der Waals surface area contributed by atoms with Crippen molar-refractivity contribution in [3.63, 3.8) is 0 Å². The number of benzene rings is 2. The molecule has 0 aliphatic heterocycles. The van der Waals surface area contributed by atoms with Gasteiger partial charge in [-0.1, -0.05) is 47.5 Å². The van der Waals surface area contributed by atoms with Crippen LogP contribution in [0, 0.1) is 31.1 Å². The molecule has 22 heavy (non-hydrogen) atoms. The van der Waals surface area contributed by atoms with Gasteiger partial charge in [0.1, 0.15) is 0 Å². The first kappa shape index (κ1) is 14.8. The van der Waals surface area contributed by atoms with Crippen molar-refractivity contribution in [2.45, 2.75) is 29.9 Å². The van der Waals surface area contributed by atoms with Gasteiger partial charge in [-0.2, -0.15) is 5.26 Å². The Kier molecular flexibility index (Phi) is 3.54. The van der Waals surface area contributed by atoms with Gasteiger partial charge in [0.05, 0.1) is 22.1 Å². The second-order valence-corrected chi connectivity index (χ2v) is 8.02. The Morgan fingerprint density at radius 1 is 0.909 bits per heavy atom. The highest BCUT2D eigenvalue weighted by Gasteiger charge is 2.59. The molecule has 1 aliphatic carbocycles. The van der Waals surface area contributed by atoms with E-state index in [0.29, 0.717) is 4.90 Å². The van der Waals surface area contributed by atoms with E-state index in [4.69, 9.17) is 0 Å². The highest BCUT2D eigenvalue weighted by Crippen LogP contribution is 2.53. The second kappa shape index (κ2) is 5.26. The van der Waals surface area contributed by atoms with E-state index in [1.807, 2.05) is 38.1 Å². The summed E-state index contributed by atoms with van der Waals surface area (Å²) in [6.07, 6.45) is 0. The Hall–Kier alpha value is -2.12. The Morgan fingerprint density at radius 2 is 1.41 bits per heavy atom. The fraction of sp³-hybridized carbons (Fsp3) is 0.278. The maximum absolute atomic E-state index is 12.8. The van der Waals surface area contributed by atoms with E-state index in [0.717, 1.165) is 16.7 Å². The molecule has 3 nitrogen and oxygen atoms in total. The van der Waals surface area contributed by atoms with Gasteiger partial charge in [-0.15, -0.1) is 0 Å². The van der Waals surface area contributed by atoms with Crippen molar-refractivity contribution in [1.82, 2.24) is 0 Å². The van der Waals surface area contributed by atoms with E-state index in [-0.39, 0.29) is 5.92 Å². The average molecular weight is 311 g/mol. The molecule has 0 spiro atoms. The van der Waals surface area contributed by atoms with Gasteiger partial charge in [-0.25, -0.2) is 8.42 Å². The van der Waals surface area contributed by atoms with Crippen LogP contribution in [0.4, 0.5) is 0 Å². The van der Waals surface area contributed by atoms with Crippen LogP contribution in [0.25, 0.3) is 0 Å². The molecule has 0 bridgehead atoms. The van der Waals surface area contributed by atoms with Gasteiger partial charge in [0.25, 0.3) is 0 Å². The summed E-state index contributed by atoms with van der Waals surface area (Å²) in [5.74, 6) is -0.689. The first-order valence-corrected chi connectivity index (χ1v) is 8.76. The lowest BCUT2D eigenvalue weighted by molar-refractivity contribution is 0.593. The Bertz CT molecular complexity index is 830. The maximum Gasteiger partial charge on any atom is 0.183 e. The molecule has 2 aromatic rings. The Morgan fingerprint density at radius 3 is 1.91 bits per heavy atom. The van der Waals surface area contributed by atoms with Gasteiger partial charge in [0.2, 0.25) is 0 Å². The topological polar surface area (TPSA) is 57.9 Å². The maximum atomic E-state index is 12.8. The third-order valence-corrected chi connectivity index (χ3v) is 6.51. The molecule has 0 radical (unpaired) electrons. The molecule has 0 heterocycles. The molecule has 1 aliphatic rings. The van der Waals surface area contributed by atoms with Crippen LogP contribution in [-0.2, 0) is 9.84 Å². The highest BCUT2D eigenvalue weighted by molar-refractivity contribution is 7.92. The van der Waals surface area contributed by atoms with Gasteiger partial charge < -0.3 is 0 Å². The number of rotatable bonds is 3. The third kappa shape index (κ3) is 2.42. The van der Waals surface area contributed by atoms with Gasteiger partial charge in [-0.05, 0) is 31.5 Å². The molecule has 1 saturated carbocycles. The molecular formula is C18H17NO2S. The SMILES string of the molecule is Cc1ccc([C@@H]2[C@H](C#N)[C@H]2S(=O)(=O)c2ccc(C)cc2)cc1. The lowest BCUT2D eigenvalue weighted by atomic mass is 10.1. The average Bonchev–Trinajstić information content (AvgIpc) is 3.24. The molecule has 0 unspecified atom stereocenters. The first-order valence-electron chi connectivity index (χ1n) is 7.22. The van der Waals surface area contributed by atoms with E-state index in [1.54, 1.807) is 24.3 Å². The minimum atomic E-state index is -3.47. The van der Waals surface area contributed by atoms with Crippen molar-refractivity contribution in [2.24, 2.45) is 5.92 Å². The second-order valence-electron chi connectivity index (χ2n) is 5.91. The van der Waals surface area contributed by atoms with Gasteiger partial charge in [-0.3, -0.25) is 0 Å². The largest absolute Gasteiger partial charge is 0.223 e. The summed E-state index contributed by atoms with van der Waals surface area (Å²) >= 11 is 0. The number of nitriles is 1. The lowest BCUT2D eigenvalue weighted by Gasteiger charge is -2.05. The summed E-state index contributed by atoms with van der Waals surface area (Å²) in [6.45, 7) is 3.90. The number of nitrogens with zero attached hydrogens (tertiary/aromatic N) is 1. The van der Waals surface area contributed by atoms with Crippen LogP contribution in [0.15, 0.2) is 53.4 Å². The molecule has 4 heteroatoms. The fourth-order valence-corrected chi connectivity index (χ4v) is 4.96. The van der Waals surface area contributed by atoms with Crippen LogP contribution in [0.2, 0.25) is 0 Å². The van der Waals surface area contributed by atoms with Crippen LogP contribution >= 0.6 is 0 Å². The molecule has 112 valence electrons. The first-order chi connectivity index (χ1) is 10.4. The quantitative estimate of drug-likeness (QED) is 0.873. The molecule has 0 N–H and O–H groups in total. The summed E-state index contributed by atoms with van der Waals surface area (Å²) in [5, 5.41) is 8.67. The van der Waals surface area contributed by atoms with Crippen LogP contribution < -0.4 is 0 Å². The third-order valence-electron chi connectivity index (χ3n) is 4.27. The van der Waals surface area contributed by atoms with Crippen LogP contribution in [0.1, 0.15) is 22.6 Å². The van der Waals surface area contributed by atoms with Crippen LogP contribution in [0.5, 0.6) is 0 Å². The molecule has 3 rings (SSSR count). The van der Waals surface area contributed by atoms with Crippen molar-refractivity contribution in [2.75, 3.05) is 0 Å². The molecule has 0 aromatic heterocycles. The van der Waals surface area contributed by atoms with E-state index in [2.05, 4.69) is 6.07 Å². The normalized spacial score (nSPS) is 23.8. The summed E-state index contributed by atoms with van der Waals surface area (Å²) in [5.41, 5.74) is 3.07. The molecule has 0 amide bonds. The number of aryl methyl sites for hydroxylation is 2. The van der Waals surface area contributed by atoms with Gasteiger partial charge >= 0.3 is 0 Å². The minimum Gasteiger partial charge on any atom is -0.223 e.